The van der Waals surface area contributed by atoms with Crippen LogP contribution in [-0.4, -0.2) is 63.5 Å². The van der Waals surface area contributed by atoms with Crippen LogP contribution in [0.2, 0.25) is 0 Å². The minimum Gasteiger partial charge on any atom is -0.377 e. The van der Waals surface area contributed by atoms with Crippen molar-refractivity contribution in [1.82, 2.24) is 24.6 Å². The summed E-state index contributed by atoms with van der Waals surface area (Å²) < 4.78 is 7.26. The Hall–Kier alpha value is -3.50. The van der Waals surface area contributed by atoms with Gasteiger partial charge in [-0.3, -0.25) is 9.58 Å². The van der Waals surface area contributed by atoms with Crippen LogP contribution >= 0.6 is 0 Å². The SMILES string of the molecule is CC1COCCN1c1nc(-c2ccc(NC(=O)Nc3cnn(C)c3)cc2)nc2c1CN(C)C2. The third kappa shape index (κ3) is 4.53. The summed E-state index contributed by atoms with van der Waals surface area (Å²) in [5, 5.41) is 9.64. The Labute approximate surface area is 192 Å². The van der Waals surface area contributed by atoms with E-state index in [2.05, 4.69) is 39.5 Å². The summed E-state index contributed by atoms with van der Waals surface area (Å²) in [5.41, 5.74) is 4.51. The minimum atomic E-state index is -0.323. The van der Waals surface area contributed by atoms with Gasteiger partial charge in [0, 0.05) is 49.7 Å². The fourth-order valence-corrected chi connectivity index (χ4v) is 4.28. The number of nitrogens with one attached hydrogen (secondary N) is 2. The van der Waals surface area contributed by atoms with Crippen molar-refractivity contribution in [3.63, 3.8) is 0 Å². The molecule has 0 aliphatic carbocycles. The molecule has 2 aromatic heterocycles. The van der Waals surface area contributed by atoms with E-state index in [1.54, 1.807) is 24.1 Å². The van der Waals surface area contributed by atoms with Gasteiger partial charge in [-0.25, -0.2) is 14.8 Å². The van der Waals surface area contributed by atoms with Gasteiger partial charge in [0.25, 0.3) is 0 Å². The first-order chi connectivity index (χ1) is 16.0. The predicted molar refractivity (Wildman–Crippen MR) is 126 cm³/mol. The second kappa shape index (κ2) is 8.80. The van der Waals surface area contributed by atoms with Crippen molar-refractivity contribution in [1.29, 1.82) is 0 Å². The number of aryl methyl sites for hydroxylation is 1. The van der Waals surface area contributed by atoms with E-state index in [0.717, 1.165) is 36.7 Å². The number of hydrogen-bond acceptors (Lipinski definition) is 7. The van der Waals surface area contributed by atoms with Gasteiger partial charge in [0.15, 0.2) is 5.82 Å². The van der Waals surface area contributed by atoms with Crippen LogP contribution in [0.3, 0.4) is 0 Å². The molecule has 1 fully saturated rings. The smallest absolute Gasteiger partial charge is 0.323 e. The van der Waals surface area contributed by atoms with Gasteiger partial charge in [-0.2, -0.15) is 5.10 Å². The van der Waals surface area contributed by atoms with Gasteiger partial charge in [-0.15, -0.1) is 0 Å². The lowest BCUT2D eigenvalue weighted by molar-refractivity contribution is 0.0984. The molecular weight excluding hydrogens is 420 g/mol. The van der Waals surface area contributed by atoms with Crippen molar-refractivity contribution in [3.05, 3.63) is 47.9 Å². The van der Waals surface area contributed by atoms with Gasteiger partial charge in [-0.05, 0) is 38.2 Å². The summed E-state index contributed by atoms with van der Waals surface area (Å²) in [6.45, 7) is 6.06. The maximum Gasteiger partial charge on any atom is 0.323 e. The highest BCUT2D eigenvalue weighted by atomic mass is 16.5. The maximum absolute atomic E-state index is 12.3. The van der Waals surface area contributed by atoms with Gasteiger partial charge in [-0.1, -0.05) is 0 Å². The zero-order chi connectivity index (χ0) is 22.9. The van der Waals surface area contributed by atoms with E-state index in [1.807, 2.05) is 24.3 Å². The number of morpholine rings is 1. The average Bonchev–Trinajstić information content (AvgIpc) is 3.38. The molecule has 1 atom stereocenters. The van der Waals surface area contributed by atoms with Gasteiger partial charge in [0.2, 0.25) is 0 Å². The lowest BCUT2D eigenvalue weighted by atomic mass is 10.1. The third-order valence-electron chi connectivity index (χ3n) is 5.92. The molecule has 5 rings (SSSR count). The second-order valence-corrected chi connectivity index (χ2v) is 8.64. The predicted octanol–water partition coefficient (Wildman–Crippen LogP) is 2.69. The van der Waals surface area contributed by atoms with Crippen molar-refractivity contribution in [3.8, 4) is 11.4 Å². The van der Waals surface area contributed by atoms with Crippen molar-refractivity contribution in [2.45, 2.75) is 26.1 Å². The number of benzene rings is 1. The maximum atomic E-state index is 12.3. The molecule has 1 aromatic carbocycles. The number of rotatable bonds is 4. The Morgan fingerprint density at radius 1 is 1.09 bits per heavy atom. The Kier molecular flexibility index (Phi) is 5.69. The molecule has 33 heavy (non-hydrogen) atoms. The topological polar surface area (TPSA) is 100 Å². The molecule has 1 saturated heterocycles. The number of urea groups is 1. The van der Waals surface area contributed by atoms with Crippen molar-refractivity contribution in [2.75, 3.05) is 42.3 Å². The third-order valence-corrected chi connectivity index (χ3v) is 5.92. The van der Waals surface area contributed by atoms with E-state index < -0.39 is 0 Å². The summed E-state index contributed by atoms with van der Waals surface area (Å²) in [6, 6.07) is 7.53. The number of carbonyl (C=O) groups excluding carboxylic acids is 1. The van der Waals surface area contributed by atoms with Crippen molar-refractivity contribution in [2.24, 2.45) is 7.05 Å². The van der Waals surface area contributed by atoms with Crippen LogP contribution in [0.1, 0.15) is 18.2 Å². The number of ether oxygens (including phenoxy) is 1. The van der Waals surface area contributed by atoms with Gasteiger partial charge >= 0.3 is 6.03 Å². The number of hydrogen-bond donors (Lipinski definition) is 2. The fourth-order valence-electron chi connectivity index (χ4n) is 4.28. The first-order valence-electron chi connectivity index (χ1n) is 11.1. The lowest BCUT2D eigenvalue weighted by Gasteiger charge is -2.35. The number of amides is 2. The minimum absolute atomic E-state index is 0.265. The van der Waals surface area contributed by atoms with Crippen molar-refractivity contribution < 1.29 is 9.53 Å². The van der Waals surface area contributed by atoms with E-state index in [4.69, 9.17) is 14.7 Å². The summed E-state index contributed by atoms with van der Waals surface area (Å²) in [7, 11) is 3.90. The number of anilines is 3. The van der Waals surface area contributed by atoms with Crippen LogP contribution in [0.4, 0.5) is 22.0 Å². The summed E-state index contributed by atoms with van der Waals surface area (Å²) in [5.74, 6) is 1.71. The molecule has 0 bridgehead atoms. The molecule has 2 aliphatic heterocycles. The Morgan fingerprint density at radius 3 is 2.61 bits per heavy atom. The molecule has 0 saturated carbocycles. The molecule has 172 valence electrons. The molecule has 10 nitrogen and oxygen atoms in total. The van der Waals surface area contributed by atoms with Crippen LogP contribution < -0.4 is 15.5 Å². The second-order valence-electron chi connectivity index (χ2n) is 8.64. The highest BCUT2D eigenvalue weighted by Gasteiger charge is 2.29. The number of nitrogens with zero attached hydrogens (tertiary/aromatic N) is 6. The molecular formula is C23H28N8O2. The molecule has 3 aromatic rings. The Balaban J connectivity index is 1.37. The highest BCUT2D eigenvalue weighted by Crippen LogP contribution is 2.33. The molecule has 10 heteroatoms. The quantitative estimate of drug-likeness (QED) is 0.633. The normalized spacial score (nSPS) is 18.3. The largest absolute Gasteiger partial charge is 0.377 e. The zero-order valence-corrected chi connectivity index (χ0v) is 19.1. The number of carbonyl (C=O) groups is 1. The van der Waals surface area contributed by atoms with Gasteiger partial charge in [0.05, 0.1) is 36.8 Å². The molecule has 4 heterocycles. The molecule has 0 radical (unpaired) electrons. The summed E-state index contributed by atoms with van der Waals surface area (Å²) in [4.78, 5) is 26.7. The monoisotopic (exact) mass is 448 g/mol. The van der Waals surface area contributed by atoms with Crippen LogP contribution in [0.15, 0.2) is 36.7 Å². The Morgan fingerprint density at radius 2 is 1.88 bits per heavy atom. The summed E-state index contributed by atoms with van der Waals surface area (Å²) in [6.07, 6.45) is 3.33. The van der Waals surface area contributed by atoms with Gasteiger partial charge in [0.1, 0.15) is 5.82 Å². The first-order valence-corrected chi connectivity index (χ1v) is 11.1. The van der Waals surface area contributed by atoms with Crippen molar-refractivity contribution >= 4 is 23.2 Å². The number of aromatic nitrogens is 4. The van der Waals surface area contributed by atoms with E-state index in [-0.39, 0.29) is 12.1 Å². The van der Waals surface area contributed by atoms with Crippen LogP contribution in [0, 0.1) is 0 Å². The van der Waals surface area contributed by atoms with E-state index in [1.165, 1.54) is 5.56 Å². The van der Waals surface area contributed by atoms with Crippen LogP contribution in [0.25, 0.3) is 11.4 Å². The molecule has 0 spiro atoms. The first kappa shape index (κ1) is 21.4. The average molecular weight is 449 g/mol. The van der Waals surface area contributed by atoms with E-state index >= 15 is 0 Å². The molecule has 1 unspecified atom stereocenters. The Bertz CT molecular complexity index is 1160. The van der Waals surface area contributed by atoms with E-state index in [0.29, 0.717) is 30.4 Å². The number of fused-ring (bicyclic) bond motifs is 1. The lowest BCUT2D eigenvalue weighted by Crippen LogP contribution is -2.44. The molecule has 2 amide bonds. The van der Waals surface area contributed by atoms with Gasteiger partial charge < -0.3 is 20.3 Å². The highest BCUT2D eigenvalue weighted by molar-refractivity contribution is 5.99. The van der Waals surface area contributed by atoms with Crippen LogP contribution in [0.5, 0.6) is 0 Å². The molecule has 2 N–H and O–H groups in total. The standard InChI is InChI=1S/C23H28N8O2/c1-15-14-33-9-8-31(15)22-19-12-29(2)13-20(19)27-21(28-22)16-4-6-17(7-5-16)25-23(32)26-18-10-24-30(3)11-18/h4-7,10-11,15H,8-9,12-14H2,1-3H3,(H2,25,26,32). The zero-order valence-electron chi connectivity index (χ0n) is 19.1. The van der Waals surface area contributed by atoms with E-state index in [9.17, 15) is 4.79 Å². The fraction of sp³-hybridized carbons (Fsp3) is 0.391. The summed E-state index contributed by atoms with van der Waals surface area (Å²) >= 11 is 0. The van der Waals surface area contributed by atoms with Crippen LogP contribution in [-0.2, 0) is 24.9 Å². The molecule has 2 aliphatic rings.